The van der Waals surface area contributed by atoms with Gasteiger partial charge in [0.05, 0.1) is 6.54 Å². The first-order chi connectivity index (χ1) is 11.9. The van der Waals surface area contributed by atoms with Gasteiger partial charge in [0.2, 0.25) is 0 Å². The highest BCUT2D eigenvalue weighted by Crippen LogP contribution is 2.23. The average Bonchev–Trinajstić information content (AvgIpc) is 3.19. The number of likely N-dealkylation sites (N-methyl/N-ethyl adjacent to an activating group) is 1. The molecule has 0 N–H and O–H groups in total. The van der Waals surface area contributed by atoms with E-state index in [1.807, 2.05) is 50.5 Å². The van der Waals surface area contributed by atoms with E-state index in [1.54, 1.807) is 0 Å². The van der Waals surface area contributed by atoms with Crippen molar-refractivity contribution in [1.82, 2.24) is 9.80 Å². The molecule has 0 bridgehead atoms. The number of nitrogens with zero attached hydrogens (tertiary/aromatic N) is 4. The highest BCUT2D eigenvalue weighted by atomic mass is 35.5. The van der Waals surface area contributed by atoms with Gasteiger partial charge >= 0.3 is 0 Å². The maximum atomic E-state index is 12.7. The van der Waals surface area contributed by atoms with Gasteiger partial charge in [-0.1, -0.05) is 16.7 Å². The Balaban J connectivity index is 1.61. The van der Waals surface area contributed by atoms with Crippen LogP contribution in [0.3, 0.4) is 0 Å². The Kier molecular flexibility index (Phi) is 5.56. The molecule has 0 spiro atoms. The Morgan fingerprint density at radius 1 is 1.28 bits per heavy atom. The number of furan rings is 1. The molecule has 6 nitrogen and oxygen atoms in total. The maximum Gasteiger partial charge on any atom is 0.159 e. The van der Waals surface area contributed by atoms with Crippen molar-refractivity contribution in [3.05, 3.63) is 52.4 Å². The highest BCUT2D eigenvalue weighted by molar-refractivity contribution is 6.30. The number of rotatable bonds is 6. The van der Waals surface area contributed by atoms with Crippen LogP contribution in [0, 0.1) is 5.21 Å². The Morgan fingerprint density at radius 3 is 2.76 bits per heavy atom. The highest BCUT2D eigenvalue weighted by Gasteiger charge is 2.29. The molecule has 0 amide bonds. The van der Waals surface area contributed by atoms with Gasteiger partial charge in [0, 0.05) is 23.7 Å². The number of benzene rings is 1. The van der Waals surface area contributed by atoms with Crippen molar-refractivity contribution in [2.45, 2.75) is 0 Å². The van der Waals surface area contributed by atoms with E-state index in [0.29, 0.717) is 24.0 Å². The van der Waals surface area contributed by atoms with Gasteiger partial charge in [-0.05, 0) is 50.5 Å². The van der Waals surface area contributed by atoms with Crippen molar-refractivity contribution in [2.75, 3.05) is 46.9 Å². The molecule has 0 radical (unpaired) electrons. The van der Waals surface area contributed by atoms with Gasteiger partial charge in [-0.2, -0.15) is 0 Å². The number of quaternary nitrogens is 1. The molecule has 1 unspecified atom stereocenters. The van der Waals surface area contributed by atoms with E-state index in [2.05, 4.69) is 14.9 Å². The second kappa shape index (κ2) is 7.68. The van der Waals surface area contributed by atoms with E-state index in [1.165, 1.54) is 6.21 Å². The van der Waals surface area contributed by atoms with Gasteiger partial charge < -0.3 is 14.5 Å². The minimum Gasteiger partial charge on any atom is -0.604 e. The van der Waals surface area contributed by atoms with E-state index in [-0.39, 0.29) is 0 Å². The summed E-state index contributed by atoms with van der Waals surface area (Å²) in [6, 6.07) is 11.1. The fraction of sp³-hybridized carbons (Fsp3) is 0.389. The molecule has 0 aliphatic carbocycles. The first-order valence-electron chi connectivity index (χ1n) is 8.30. The Morgan fingerprint density at radius 2 is 2.04 bits per heavy atom. The quantitative estimate of drug-likeness (QED) is 0.450. The molecule has 7 heteroatoms. The van der Waals surface area contributed by atoms with Crippen LogP contribution in [-0.4, -0.2) is 67.7 Å². The number of hydrogen-bond acceptors (Lipinski definition) is 5. The van der Waals surface area contributed by atoms with E-state index in [4.69, 9.17) is 16.0 Å². The SMILES string of the molecule is CN(C)CCN1CC[N+]([O-])(/N=C/c2ccc(-c3ccc(Cl)cc3)o2)C1. The van der Waals surface area contributed by atoms with Crippen LogP contribution in [-0.2, 0) is 0 Å². The van der Waals surface area contributed by atoms with Crippen LogP contribution in [0.1, 0.15) is 5.76 Å². The standard InChI is InChI=1S/C18H23ClN4O2/c1-21(2)9-10-22-11-12-23(24,14-22)20-13-17-7-8-18(25-17)15-3-5-16(19)6-4-15/h3-8,13H,9-12,14H2,1-2H3/b20-13+. The molecule has 0 saturated carbocycles. The van der Waals surface area contributed by atoms with Gasteiger partial charge in [0.25, 0.3) is 0 Å². The minimum absolute atomic E-state index is 0.384. The second-order valence-corrected chi connectivity index (χ2v) is 7.02. The first-order valence-corrected chi connectivity index (χ1v) is 8.68. The van der Waals surface area contributed by atoms with Crippen molar-refractivity contribution in [1.29, 1.82) is 0 Å². The number of hydroxylamine groups is 2. The summed E-state index contributed by atoms with van der Waals surface area (Å²) in [5.74, 6) is 1.30. The lowest BCUT2D eigenvalue weighted by atomic mass is 10.2. The molecule has 2 aromatic rings. The van der Waals surface area contributed by atoms with Gasteiger partial charge in [0.15, 0.2) is 12.4 Å². The van der Waals surface area contributed by atoms with Crippen LogP contribution in [0.5, 0.6) is 0 Å². The van der Waals surface area contributed by atoms with Gasteiger partial charge in [0.1, 0.15) is 18.5 Å². The smallest absolute Gasteiger partial charge is 0.159 e. The third-order valence-electron chi connectivity index (χ3n) is 4.20. The monoisotopic (exact) mass is 362 g/mol. The normalized spacial score (nSPS) is 21.6. The van der Waals surface area contributed by atoms with Crippen molar-refractivity contribution in [3.63, 3.8) is 0 Å². The summed E-state index contributed by atoms with van der Waals surface area (Å²) in [4.78, 5) is 4.26. The third-order valence-corrected chi connectivity index (χ3v) is 4.45. The molecule has 1 fully saturated rings. The third kappa shape index (κ3) is 4.90. The van der Waals surface area contributed by atoms with Gasteiger partial charge in [-0.25, -0.2) is 9.66 Å². The lowest BCUT2D eigenvalue weighted by molar-refractivity contribution is -0.878. The Labute approximate surface area is 153 Å². The fourth-order valence-electron chi connectivity index (χ4n) is 2.72. The zero-order valence-electron chi connectivity index (χ0n) is 14.6. The molecule has 2 heterocycles. The summed E-state index contributed by atoms with van der Waals surface area (Å²) in [7, 11) is 4.06. The average molecular weight is 363 g/mol. The largest absolute Gasteiger partial charge is 0.604 e. The Hall–Kier alpha value is -1.70. The van der Waals surface area contributed by atoms with E-state index in [9.17, 15) is 5.21 Å². The molecular formula is C18H23ClN4O2. The first kappa shape index (κ1) is 18.1. The lowest BCUT2D eigenvalue weighted by Gasteiger charge is -2.30. The molecular weight excluding hydrogens is 340 g/mol. The summed E-state index contributed by atoms with van der Waals surface area (Å²) in [6.07, 6.45) is 1.53. The molecule has 3 rings (SSSR count). The fourth-order valence-corrected chi connectivity index (χ4v) is 2.85. The summed E-state index contributed by atoms with van der Waals surface area (Å²) >= 11 is 5.90. The molecule has 1 aromatic carbocycles. The van der Waals surface area contributed by atoms with Crippen molar-refractivity contribution < 1.29 is 9.17 Å². The topological polar surface area (TPSA) is 55.0 Å². The predicted octanol–water partition coefficient (Wildman–Crippen LogP) is 3.08. The second-order valence-electron chi connectivity index (χ2n) is 6.59. The van der Waals surface area contributed by atoms with Crippen LogP contribution < -0.4 is 0 Å². The van der Waals surface area contributed by atoms with E-state index >= 15 is 0 Å². The Bertz CT molecular complexity index is 729. The molecule has 1 atom stereocenters. The van der Waals surface area contributed by atoms with Crippen LogP contribution in [0.4, 0.5) is 0 Å². The molecule has 1 aliphatic heterocycles. The van der Waals surface area contributed by atoms with Crippen LogP contribution >= 0.6 is 11.6 Å². The minimum atomic E-state index is -0.579. The summed E-state index contributed by atoms with van der Waals surface area (Å²) < 4.78 is 5.18. The van der Waals surface area contributed by atoms with Crippen LogP contribution in [0.15, 0.2) is 45.9 Å². The van der Waals surface area contributed by atoms with Crippen molar-refractivity contribution in [3.8, 4) is 11.3 Å². The summed E-state index contributed by atoms with van der Waals surface area (Å²) in [5, 5.41) is 17.6. The molecule has 1 saturated heterocycles. The number of halogens is 1. The summed E-state index contributed by atoms with van der Waals surface area (Å²) in [5.41, 5.74) is 0.936. The number of hydrogen-bond donors (Lipinski definition) is 0. The molecule has 1 aliphatic rings. The maximum absolute atomic E-state index is 12.7. The molecule has 1 aromatic heterocycles. The zero-order chi connectivity index (χ0) is 17.9. The van der Waals surface area contributed by atoms with E-state index < -0.39 is 4.76 Å². The molecule has 134 valence electrons. The van der Waals surface area contributed by atoms with Crippen molar-refractivity contribution >= 4 is 17.8 Å². The van der Waals surface area contributed by atoms with Crippen LogP contribution in [0.2, 0.25) is 5.02 Å². The molecule has 25 heavy (non-hydrogen) atoms. The van der Waals surface area contributed by atoms with Crippen LogP contribution in [0.25, 0.3) is 11.3 Å². The van der Waals surface area contributed by atoms with E-state index in [0.717, 1.165) is 31.0 Å². The lowest BCUT2D eigenvalue weighted by Crippen LogP contribution is -2.37. The van der Waals surface area contributed by atoms with Gasteiger partial charge in [-0.3, -0.25) is 0 Å². The zero-order valence-corrected chi connectivity index (χ0v) is 15.3. The van der Waals surface area contributed by atoms with Crippen molar-refractivity contribution in [2.24, 2.45) is 5.10 Å². The summed E-state index contributed by atoms with van der Waals surface area (Å²) in [6.45, 7) is 3.44. The van der Waals surface area contributed by atoms with Gasteiger partial charge in [-0.15, -0.1) is 0 Å². The predicted molar refractivity (Wildman–Crippen MR) is 100 cm³/mol.